The molecule has 0 amide bonds. The van der Waals surface area contributed by atoms with Crippen LogP contribution in [0.15, 0.2) is 35.5 Å². The lowest BCUT2D eigenvalue weighted by Gasteiger charge is -2.30. The van der Waals surface area contributed by atoms with Crippen molar-refractivity contribution < 1.29 is 27.5 Å². The molecule has 0 unspecified atom stereocenters. The van der Waals surface area contributed by atoms with Gasteiger partial charge in [0.05, 0.1) is 11.5 Å². The molecule has 1 aromatic carbocycles. The molecule has 1 N–H and O–H groups in total. The number of rotatable bonds is 7. The topological polar surface area (TPSA) is 144 Å². The third-order valence-electron chi connectivity index (χ3n) is 4.61. The molecule has 1 aliphatic rings. The zero-order chi connectivity index (χ0) is 23.1. The molecule has 1 fully saturated rings. The second kappa shape index (κ2) is 10.3. The van der Waals surface area contributed by atoms with E-state index in [4.69, 9.17) is 14.3 Å². The molecule has 0 atom stereocenters. The zero-order valence-electron chi connectivity index (χ0n) is 17.6. The van der Waals surface area contributed by atoms with Crippen molar-refractivity contribution in [2.75, 3.05) is 31.3 Å². The number of piperidine rings is 1. The molecule has 32 heavy (non-hydrogen) atoms. The van der Waals surface area contributed by atoms with Crippen LogP contribution in [0.5, 0.6) is 5.88 Å². The van der Waals surface area contributed by atoms with E-state index in [1.165, 1.54) is 23.5 Å². The molecule has 3 rings (SSSR count). The summed E-state index contributed by atoms with van der Waals surface area (Å²) in [6, 6.07) is 8.15. The fourth-order valence-corrected chi connectivity index (χ4v) is 3.66. The van der Waals surface area contributed by atoms with Gasteiger partial charge >= 0.3 is 6.16 Å². The summed E-state index contributed by atoms with van der Waals surface area (Å²) in [6.45, 7) is 2.84. The van der Waals surface area contributed by atoms with E-state index in [9.17, 15) is 18.5 Å². The van der Waals surface area contributed by atoms with Gasteiger partial charge in [-0.15, -0.1) is 5.06 Å². The number of benzene rings is 1. The van der Waals surface area contributed by atoms with Gasteiger partial charge in [-0.25, -0.2) is 23.2 Å². The van der Waals surface area contributed by atoms with E-state index in [1.807, 2.05) is 0 Å². The maximum atomic E-state index is 11.6. The molecule has 0 saturated carbocycles. The van der Waals surface area contributed by atoms with Crippen LogP contribution in [-0.2, 0) is 19.4 Å². The first kappa shape index (κ1) is 23.2. The van der Waals surface area contributed by atoms with Gasteiger partial charge in [0, 0.05) is 37.9 Å². The Kier molecular flexibility index (Phi) is 7.45. The maximum absolute atomic E-state index is 11.6. The molecule has 2 heterocycles. The van der Waals surface area contributed by atoms with Crippen molar-refractivity contribution in [1.29, 1.82) is 5.26 Å². The van der Waals surface area contributed by atoms with Gasteiger partial charge in [0.25, 0.3) is 0 Å². The standard InChI is InChI=1S/C20H23N5O6S/c1-3-29-20(26)31-25-10-8-15(9-11-25)30-19-17(12-21)18(22-13-23-19)24-14-4-6-16(7-5-14)32(2,27)28/h4-7,13,15H,3,8-11H2,1-2H3,(H,22,23,24). The van der Waals surface area contributed by atoms with Gasteiger partial charge < -0.3 is 19.6 Å². The smallest absolute Gasteiger partial charge is 0.473 e. The van der Waals surface area contributed by atoms with Crippen LogP contribution in [0.3, 0.4) is 0 Å². The molecular weight excluding hydrogens is 438 g/mol. The Morgan fingerprint density at radius 2 is 1.94 bits per heavy atom. The molecular formula is C20H23N5O6S. The van der Waals surface area contributed by atoms with Gasteiger partial charge in [0.1, 0.15) is 18.5 Å². The average molecular weight is 462 g/mol. The molecule has 0 spiro atoms. The minimum Gasteiger partial charge on any atom is -0.473 e. The normalized spacial score (nSPS) is 14.9. The van der Waals surface area contributed by atoms with Gasteiger partial charge in [-0.2, -0.15) is 5.26 Å². The lowest BCUT2D eigenvalue weighted by Crippen LogP contribution is -2.39. The number of aromatic nitrogens is 2. The number of ether oxygens (including phenoxy) is 2. The lowest BCUT2D eigenvalue weighted by atomic mass is 10.1. The van der Waals surface area contributed by atoms with Crippen molar-refractivity contribution in [3.05, 3.63) is 36.2 Å². The van der Waals surface area contributed by atoms with Gasteiger partial charge in [-0.1, -0.05) is 0 Å². The predicted molar refractivity (Wildman–Crippen MR) is 113 cm³/mol. The van der Waals surface area contributed by atoms with E-state index in [1.54, 1.807) is 19.1 Å². The van der Waals surface area contributed by atoms with Crippen LogP contribution >= 0.6 is 0 Å². The Bertz CT molecular complexity index is 1090. The summed E-state index contributed by atoms with van der Waals surface area (Å²) in [5.74, 6) is 0.384. The van der Waals surface area contributed by atoms with Crippen molar-refractivity contribution in [2.24, 2.45) is 0 Å². The van der Waals surface area contributed by atoms with E-state index in [0.29, 0.717) is 31.6 Å². The van der Waals surface area contributed by atoms with Gasteiger partial charge in [-0.3, -0.25) is 0 Å². The van der Waals surface area contributed by atoms with Crippen LogP contribution in [0, 0.1) is 11.3 Å². The highest BCUT2D eigenvalue weighted by atomic mass is 32.2. The summed E-state index contributed by atoms with van der Waals surface area (Å²) in [4.78, 5) is 24.9. The lowest BCUT2D eigenvalue weighted by molar-refractivity contribution is -0.146. The Morgan fingerprint density at radius 1 is 1.25 bits per heavy atom. The summed E-state index contributed by atoms with van der Waals surface area (Å²) >= 11 is 0. The molecule has 1 aromatic heterocycles. The van der Waals surface area contributed by atoms with E-state index >= 15 is 0 Å². The number of carbonyl (C=O) groups excluding carboxylic acids is 1. The largest absolute Gasteiger partial charge is 0.527 e. The van der Waals surface area contributed by atoms with Crippen molar-refractivity contribution in [1.82, 2.24) is 15.0 Å². The monoisotopic (exact) mass is 461 g/mol. The van der Waals surface area contributed by atoms with Crippen molar-refractivity contribution in [2.45, 2.75) is 30.8 Å². The molecule has 0 aliphatic carbocycles. The third-order valence-corrected chi connectivity index (χ3v) is 5.74. The van der Waals surface area contributed by atoms with Crippen LogP contribution in [0.2, 0.25) is 0 Å². The number of nitriles is 1. The minimum atomic E-state index is -3.31. The van der Waals surface area contributed by atoms with Crippen molar-refractivity contribution in [3.8, 4) is 11.9 Å². The molecule has 2 aromatic rings. The molecule has 1 aliphatic heterocycles. The Balaban J connectivity index is 1.65. The number of carbonyl (C=O) groups is 1. The van der Waals surface area contributed by atoms with Crippen molar-refractivity contribution in [3.63, 3.8) is 0 Å². The van der Waals surface area contributed by atoms with Crippen LogP contribution in [0.1, 0.15) is 25.3 Å². The predicted octanol–water partition coefficient (Wildman–Crippen LogP) is 2.43. The van der Waals surface area contributed by atoms with Crippen molar-refractivity contribution >= 4 is 27.5 Å². The molecule has 0 bridgehead atoms. The number of hydrogen-bond donors (Lipinski definition) is 1. The van der Waals surface area contributed by atoms with Crippen LogP contribution < -0.4 is 10.1 Å². The van der Waals surface area contributed by atoms with Gasteiger partial charge in [-0.05, 0) is 31.2 Å². The summed E-state index contributed by atoms with van der Waals surface area (Å²) in [5, 5.41) is 14.1. The molecule has 12 heteroatoms. The number of nitrogens with one attached hydrogen (secondary N) is 1. The van der Waals surface area contributed by atoms with Gasteiger partial charge in [0.2, 0.25) is 5.88 Å². The van der Waals surface area contributed by atoms with E-state index < -0.39 is 16.0 Å². The molecule has 1 saturated heterocycles. The second-order valence-electron chi connectivity index (χ2n) is 6.96. The maximum Gasteiger partial charge on any atom is 0.527 e. The van der Waals surface area contributed by atoms with E-state index in [0.717, 1.165) is 6.26 Å². The number of nitrogens with zero attached hydrogens (tertiary/aromatic N) is 4. The fraction of sp³-hybridized carbons (Fsp3) is 0.400. The summed E-state index contributed by atoms with van der Waals surface area (Å²) in [5.41, 5.74) is 0.688. The summed E-state index contributed by atoms with van der Waals surface area (Å²) < 4.78 is 33.9. The first-order valence-electron chi connectivity index (χ1n) is 9.88. The van der Waals surface area contributed by atoms with Crippen LogP contribution in [0.25, 0.3) is 0 Å². The van der Waals surface area contributed by atoms with Crippen LogP contribution in [-0.4, -0.2) is 61.7 Å². The summed E-state index contributed by atoms with van der Waals surface area (Å²) in [7, 11) is -3.31. The number of sulfone groups is 1. The highest BCUT2D eigenvalue weighted by molar-refractivity contribution is 7.90. The Morgan fingerprint density at radius 3 is 2.53 bits per heavy atom. The Labute approximate surface area is 185 Å². The average Bonchev–Trinajstić information content (AvgIpc) is 2.75. The van der Waals surface area contributed by atoms with Gasteiger partial charge in [0.15, 0.2) is 21.2 Å². The summed E-state index contributed by atoms with van der Waals surface area (Å²) in [6.07, 6.45) is 2.57. The molecule has 11 nitrogen and oxygen atoms in total. The number of hydrogen-bond acceptors (Lipinski definition) is 11. The zero-order valence-corrected chi connectivity index (χ0v) is 18.5. The quantitative estimate of drug-likeness (QED) is 0.607. The highest BCUT2D eigenvalue weighted by Gasteiger charge is 2.25. The fourth-order valence-electron chi connectivity index (χ4n) is 3.03. The number of anilines is 2. The molecule has 0 radical (unpaired) electrons. The Hall–Kier alpha value is -3.43. The molecule has 170 valence electrons. The first-order valence-corrected chi connectivity index (χ1v) is 11.8. The number of hydroxylamine groups is 2. The van der Waals surface area contributed by atoms with Crippen LogP contribution in [0.4, 0.5) is 16.3 Å². The first-order chi connectivity index (χ1) is 15.3. The highest BCUT2D eigenvalue weighted by Crippen LogP contribution is 2.27. The van der Waals surface area contributed by atoms with E-state index in [2.05, 4.69) is 21.4 Å². The second-order valence-corrected chi connectivity index (χ2v) is 8.97. The third kappa shape index (κ3) is 6.05. The van der Waals surface area contributed by atoms with E-state index in [-0.39, 0.29) is 34.9 Å². The minimum absolute atomic E-state index is 0.130. The SMILES string of the molecule is CCOC(=O)ON1CCC(Oc2ncnc(Nc3ccc(S(C)(=O)=O)cc3)c2C#N)CC1.